The first kappa shape index (κ1) is 10.9. The normalized spacial score (nSPS) is 14.9. The molecule has 1 atom stereocenters. The molecular formula is C13H14O3. The Morgan fingerprint density at radius 1 is 1.12 bits per heavy atom. The zero-order valence-electron chi connectivity index (χ0n) is 9.01. The molecule has 16 heavy (non-hydrogen) atoms. The zero-order valence-corrected chi connectivity index (χ0v) is 9.01. The Bertz CT molecular complexity index is 518. The fourth-order valence-corrected chi connectivity index (χ4v) is 1.77. The van der Waals surface area contributed by atoms with Crippen LogP contribution in [0.15, 0.2) is 36.4 Å². The smallest absolute Gasteiger partial charge is 0.129 e. The van der Waals surface area contributed by atoms with Gasteiger partial charge in [-0.25, -0.2) is 0 Å². The zero-order chi connectivity index (χ0) is 11.8. The van der Waals surface area contributed by atoms with Crippen LogP contribution in [-0.2, 0) is 5.60 Å². The van der Waals surface area contributed by atoms with Crippen molar-refractivity contribution in [3.8, 4) is 5.75 Å². The Balaban J connectivity index is 2.70. The molecule has 0 saturated carbocycles. The highest BCUT2D eigenvalue weighted by molar-refractivity contribution is 5.89. The molecule has 84 valence electrons. The summed E-state index contributed by atoms with van der Waals surface area (Å²) in [7, 11) is 0. The van der Waals surface area contributed by atoms with E-state index in [1.807, 2.05) is 24.3 Å². The molecule has 0 bridgehead atoms. The van der Waals surface area contributed by atoms with Crippen LogP contribution < -0.4 is 0 Å². The lowest BCUT2D eigenvalue weighted by Crippen LogP contribution is -2.25. The second-order valence-electron chi connectivity index (χ2n) is 4.11. The fraction of sp³-hybridized carbons (Fsp3) is 0.231. The topological polar surface area (TPSA) is 60.7 Å². The number of fused-ring (bicyclic) bond motifs is 1. The maximum absolute atomic E-state index is 10.0. The van der Waals surface area contributed by atoms with Gasteiger partial charge in [-0.2, -0.15) is 0 Å². The van der Waals surface area contributed by atoms with Gasteiger partial charge in [-0.15, -0.1) is 0 Å². The maximum atomic E-state index is 10.0. The summed E-state index contributed by atoms with van der Waals surface area (Å²) in [4.78, 5) is 0. The molecule has 3 heteroatoms. The highest BCUT2D eigenvalue weighted by Crippen LogP contribution is 2.34. The predicted molar refractivity (Wildman–Crippen MR) is 62.3 cm³/mol. The van der Waals surface area contributed by atoms with Gasteiger partial charge in [-0.05, 0) is 12.3 Å². The summed E-state index contributed by atoms with van der Waals surface area (Å²) in [5.41, 5.74) is -1.08. The minimum atomic E-state index is -1.42. The minimum absolute atomic E-state index is 0.0251. The summed E-state index contributed by atoms with van der Waals surface area (Å²) < 4.78 is 0. The number of aliphatic hydroxyl groups is 2. The molecular weight excluding hydrogens is 204 g/mol. The number of aromatic hydroxyl groups is 1. The lowest BCUT2D eigenvalue weighted by molar-refractivity contribution is -0.00381. The van der Waals surface area contributed by atoms with Gasteiger partial charge in [0.05, 0.1) is 6.61 Å². The van der Waals surface area contributed by atoms with Gasteiger partial charge < -0.3 is 15.3 Å². The third kappa shape index (κ3) is 1.64. The van der Waals surface area contributed by atoms with Crippen LogP contribution in [0, 0.1) is 0 Å². The summed E-state index contributed by atoms with van der Waals surface area (Å²) in [6.07, 6.45) is 0. The molecule has 0 unspecified atom stereocenters. The number of rotatable bonds is 2. The average molecular weight is 218 g/mol. The van der Waals surface area contributed by atoms with E-state index in [1.54, 1.807) is 12.1 Å². The summed E-state index contributed by atoms with van der Waals surface area (Å²) in [6, 6.07) is 10.8. The van der Waals surface area contributed by atoms with Crippen LogP contribution in [0.2, 0.25) is 0 Å². The van der Waals surface area contributed by atoms with Crippen molar-refractivity contribution in [2.24, 2.45) is 0 Å². The van der Waals surface area contributed by atoms with Gasteiger partial charge in [-0.1, -0.05) is 36.4 Å². The molecule has 0 fully saturated rings. The largest absolute Gasteiger partial charge is 0.507 e. The van der Waals surface area contributed by atoms with Crippen LogP contribution in [0.5, 0.6) is 5.75 Å². The van der Waals surface area contributed by atoms with Crippen molar-refractivity contribution >= 4 is 10.8 Å². The molecule has 3 N–H and O–H groups in total. The number of phenols is 1. The molecule has 0 radical (unpaired) electrons. The van der Waals surface area contributed by atoms with Gasteiger partial charge in [0.25, 0.3) is 0 Å². The van der Waals surface area contributed by atoms with Crippen molar-refractivity contribution < 1.29 is 15.3 Å². The van der Waals surface area contributed by atoms with Crippen LogP contribution >= 0.6 is 0 Å². The maximum Gasteiger partial charge on any atom is 0.129 e. The van der Waals surface area contributed by atoms with E-state index in [2.05, 4.69) is 0 Å². The molecule has 0 aliphatic carbocycles. The van der Waals surface area contributed by atoms with E-state index in [-0.39, 0.29) is 5.75 Å². The summed E-state index contributed by atoms with van der Waals surface area (Å²) in [6.45, 7) is 1.04. The van der Waals surface area contributed by atoms with Crippen LogP contribution in [0.4, 0.5) is 0 Å². The molecule has 0 heterocycles. The number of aliphatic hydroxyl groups excluding tert-OH is 1. The molecule has 0 aromatic heterocycles. The quantitative estimate of drug-likeness (QED) is 0.719. The van der Waals surface area contributed by atoms with E-state index in [9.17, 15) is 10.2 Å². The van der Waals surface area contributed by atoms with Crippen LogP contribution in [-0.4, -0.2) is 21.9 Å². The number of hydrogen-bond acceptors (Lipinski definition) is 3. The molecule has 2 aromatic carbocycles. The van der Waals surface area contributed by atoms with Crippen LogP contribution in [0.25, 0.3) is 10.8 Å². The molecule has 3 nitrogen and oxygen atoms in total. The fourth-order valence-electron chi connectivity index (χ4n) is 1.77. The van der Waals surface area contributed by atoms with Gasteiger partial charge in [-0.3, -0.25) is 0 Å². The highest BCUT2D eigenvalue weighted by atomic mass is 16.3. The van der Waals surface area contributed by atoms with E-state index < -0.39 is 12.2 Å². The Kier molecular flexibility index (Phi) is 2.58. The van der Waals surface area contributed by atoms with Gasteiger partial charge in [0, 0.05) is 10.9 Å². The number of benzene rings is 2. The summed E-state index contributed by atoms with van der Waals surface area (Å²) in [5, 5.41) is 30.6. The van der Waals surface area contributed by atoms with Crippen molar-refractivity contribution in [3.63, 3.8) is 0 Å². The molecule has 0 spiro atoms. The Labute approximate surface area is 93.6 Å². The molecule has 0 aliphatic rings. The second-order valence-corrected chi connectivity index (χ2v) is 4.11. The average Bonchev–Trinajstić information content (AvgIpc) is 2.29. The van der Waals surface area contributed by atoms with Crippen LogP contribution in [0.3, 0.4) is 0 Å². The standard InChI is InChI=1S/C13H14O3/c1-13(16,8-14)11-7-6-9-4-2-3-5-10(9)12(11)15/h2-7,14-16H,8H2,1H3/t13-/m1/s1. The first-order valence-corrected chi connectivity index (χ1v) is 5.11. The predicted octanol–water partition coefficient (Wildman–Crippen LogP) is 1.75. The molecule has 0 amide bonds. The Morgan fingerprint density at radius 2 is 1.81 bits per heavy atom. The Hall–Kier alpha value is -1.58. The van der Waals surface area contributed by atoms with E-state index in [1.165, 1.54) is 6.92 Å². The first-order chi connectivity index (χ1) is 7.56. The lowest BCUT2D eigenvalue weighted by atomic mass is 9.93. The van der Waals surface area contributed by atoms with Crippen molar-refractivity contribution in [1.29, 1.82) is 0 Å². The molecule has 0 aliphatic heterocycles. The Morgan fingerprint density at radius 3 is 2.50 bits per heavy atom. The van der Waals surface area contributed by atoms with Gasteiger partial charge >= 0.3 is 0 Å². The number of hydrogen-bond donors (Lipinski definition) is 3. The summed E-state index contributed by atoms with van der Waals surface area (Å²) in [5.74, 6) is 0.0251. The third-order valence-electron chi connectivity index (χ3n) is 2.79. The first-order valence-electron chi connectivity index (χ1n) is 5.11. The monoisotopic (exact) mass is 218 g/mol. The second kappa shape index (κ2) is 3.77. The van der Waals surface area contributed by atoms with Gasteiger partial charge in [0.2, 0.25) is 0 Å². The van der Waals surface area contributed by atoms with Crippen molar-refractivity contribution in [2.75, 3.05) is 6.61 Å². The van der Waals surface area contributed by atoms with Gasteiger partial charge in [0.15, 0.2) is 0 Å². The van der Waals surface area contributed by atoms with Crippen molar-refractivity contribution in [3.05, 3.63) is 42.0 Å². The molecule has 2 aromatic rings. The lowest BCUT2D eigenvalue weighted by Gasteiger charge is -2.22. The minimum Gasteiger partial charge on any atom is -0.507 e. The third-order valence-corrected chi connectivity index (χ3v) is 2.79. The van der Waals surface area contributed by atoms with E-state index in [0.717, 1.165) is 5.39 Å². The van der Waals surface area contributed by atoms with E-state index in [0.29, 0.717) is 10.9 Å². The van der Waals surface area contributed by atoms with E-state index >= 15 is 0 Å². The van der Waals surface area contributed by atoms with Crippen molar-refractivity contribution in [1.82, 2.24) is 0 Å². The summed E-state index contributed by atoms with van der Waals surface area (Å²) >= 11 is 0. The molecule has 2 rings (SSSR count). The SMILES string of the molecule is C[C@@](O)(CO)c1ccc2ccccc2c1O. The highest BCUT2D eigenvalue weighted by Gasteiger charge is 2.26. The number of phenolic OH excluding ortho intramolecular Hbond substituents is 1. The van der Waals surface area contributed by atoms with Crippen molar-refractivity contribution in [2.45, 2.75) is 12.5 Å². The van der Waals surface area contributed by atoms with Gasteiger partial charge in [0.1, 0.15) is 11.4 Å². The van der Waals surface area contributed by atoms with E-state index in [4.69, 9.17) is 5.11 Å². The molecule has 0 saturated heterocycles. The van der Waals surface area contributed by atoms with Crippen LogP contribution in [0.1, 0.15) is 12.5 Å².